The van der Waals surface area contributed by atoms with Gasteiger partial charge in [0, 0.05) is 18.0 Å². The molecule has 0 aromatic heterocycles. The molecule has 1 rings (SSSR count). The van der Waals surface area contributed by atoms with Crippen molar-refractivity contribution in [1.29, 1.82) is 0 Å². The van der Waals surface area contributed by atoms with Gasteiger partial charge in [0.1, 0.15) is 0 Å². The van der Waals surface area contributed by atoms with Crippen LogP contribution in [0.1, 0.15) is 12.5 Å². The van der Waals surface area contributed by atoms with E-state index in [1.165, 1.54) is 0 Å². The maximum absolute atomic E-state index is 9.70. The van der Waals surface area contributed by atoms with Crippen molar-refractivity contribution in [2.45, 2.75) is 25.6 Å². The lowest BCUT2D eigenvalue weighted by atomic mass is 10.1. The quantitative estimate of drug-likeness (QED) is 0.899. The Kier molecular flexibility index (Phi) is 4.58. The highest BCUT2D eigenvalue weighted by Gasteiger charge is 2.13. The number of hydrogen-bond acceptors (Lipinski definition) is 2. The van der Waals surface area contributed by atoms with Gasteiger partial charge in [-0.3, -0.25) is 0 Å². The molecule has 14 heavy (non-hydrogen) atoms. The molecule has 1 aromatic rings. The first-order chi connectivity index (χ1) is 6.63. The Labute approximate surface area is 93.0 Å². The molecule has 1 aromatic carbocycles. The third-order valence-corrected chi connectivity index (χ3v) is 2.80. The number of benzene rings is 1. The SMILES string of the molecule is COC(C)C(O)Cc1ccc(Br)cc1. The van der Waals surface area contributed by atoms with Crippen LogP contribution in [0, 0.1) is 0 Å². The Morgan fingerprint density at radius 3 is 2.43 bits per heavy atom. The van der Waals surface area contributed by atoms with Gasteiger partial charge in [-0.15, -0.1) is 0 Å². The minimum Gasteiger partial charge on any atom is -0.390 e. The van der Waals surface area contributed by atoms with Crippen molar-refractivity contribution in [1.82, 2.24) is 0 Å². The summed E-state index contributed by atoms with van der Waals surface area (Å²) in [6, 6.07) is 7.93. The Morgan fingerprint density at radius 2 is 1.93 bits per heavy atom. The fourth-order valence-corrected chi connectivity index (χ4v) is 1.45. The smallest absolute Gasteiger partial charge is 0.0839 e. The Morgan fingerprint density at radius 1 is 1.36 bits per heavy atom. The first-order valence-electron chi connectivity index (χ1n) is 4.58. The fourth-order valence-electron chi connectivity index (χ4n) is 1.19. The van der Waals surface area contributed by atoms with Crippen LogP contribution >= 0.6 is 15.9 Å². The maximum Gasteiger partial charge on any atom is 0.0839 e. The minimum absolute atomic E-state index is 0.126. The molecule has 2 nitrogen and oxygen atoms in total. The van der Waals surface area contributed by atoms with Crippen LogP contribution in [-0.4, -0.2) is 24.4 Å². The van der Waals surface area contributed by atoms with Crippen molar-refractivity contribution in [3.63, 3.8) is 0 Å². The van der Waals surface area contributed by atoms with Crippen LogP contribution in [-0.2, 0) is 11.2 Å². The zero-order valence-electron chi connectivity index (χ0n) is 8.40. The molecule has 0 aliphatic carbocycles. The molecule has 0 saturated carbocycles. The van der Waals surface area contributed by atoms with Crippen LogP contribution in [0.2, 0.25) is 0 Å². The molecule has 0 fully saturated rings. The summed E-state index contributed by atoms with van der Waals surface area (Å²) < 4.78 is 6.10. The van der Waals surface area contributed by atoms with Gasteiger partial charge in [-0.25, -0.2) is 0 Å². The first-order valence-corrected chi connectivity index (χ1v) is 5.38. The van der Waals surface area contributed by atoms with Gasteiger partial charge in [-0.05, 0) is 24.6 Å². The van der Waals surface area contributed by atoms with Crippen LogP contribution in [0.3, 0.4) is 0 Å². The number of aliphatic hydroxyl groups excluding tert-OH is 1. The van der Waals surface area contributed by atoms with Gasteiger partial charge in [0.25, 0.3) is 0 Å². The van der Waals surface area contributed by atoms with E-state index in [1.807, 2.05) is 31.2 Å². The third-order valence-electron chi connectivity index (χ3n) is 2.27. The topological polar surface area (TPSA) is 29.5 Å². The number of ether oxygens (including phenoxy) is 1. The molecule has 78 valence electrons. The Balaban J connectivity index is 2.56. The largest absolute Gasteiger partial charge is 0.390 e. The van der Waals surface area contributed by atoms with E-state index in [2.05, 4.69) is 15.9 Å². The molecule has 0 aliphatic heterocycles. The highest BCUT2D eigenvalue weighted by molar-refractivity contribution is 9.10. The summed E-state index contributed by atoms with van der Waals surface area (Å²) in [7, 11) is 1.61. The first kappa shape index (κ1) is 11.7. The Bertz CT molecular complexity index is 271. The standard InChI is InChI=1S/C11H15BrO2/c1-8(14-2)11(13)7-9-3-5-10(12)6-4-9/h3-6,8,11,13H,7H2,1-2H3. The predicted molar refractivity (Wildman–Crippen MR) is 60.3 cm³/mol. The van der Waals surface area contributed by atoms with Gasteiger partial charge in [-0.2, -0.15) is 0 Å². The summed E-state index contributed by atoms with van der Waals surface area (Å²) in [5.41, 5.74) is 1.12. The minimum atomic E-state index is -0.443. The van der Waals surface area contributed by atoms with Crippen LogP contribution in [0.15, 0.2) is 28.7 Å². The number of methoxy groups -OCH3 is 1. The molecular weight excluding hydrogens is 244 g/mol. The Hall–Kier alpha value is -0.380. The molecule has 2 unspecified atom stereocenters. The second-order valence-corrected chi connectivity index (χ2v) is 4.25. The highest BCUT2D eigenvalue weighted by Crippen LogP contribution is 2.13. The van der Waals surface area contributed by atoms with Crippen molar-refractivity contribution in [3.05, 3.63) is 34.3 Å². The highest BCUT2D eigenvalue weighted by atomic mass is 79.9. The molecule has 0 amide bonds. The summed E-state index contributed by atoms with van der Waals surface area (Å²) in [4.78, 5) is 0. The number of halogens is 1. The molecular formula is C11H15BrO2. The third kappa shape index (κ3) is 3.40. The van der Waals surface area contributed by atoms with E-state index in [0.29, 0.717) is 6.42 Å². The van der Waals surface area contributed by atoms with Crippen LogP contribution < -0.4 is 0 Å². The molecule has 0 bridgehead atoms. The van der Waals surface area contributed by atoms with E-state index in [0.717, 1.165) is 10.0 Å². The zero-order valence-corrected chi connectivity index (χ0v) is 9.99. The second-order valence-electron chi connectivity index (χ2n) is 3.34. The molecule has 0 radical (unpaired) electrons. The van der Waals surface area contributed by atoms with Crippen molar-refractivity contribution in [2.24, 2.45) is 0 Å². The average molecular weight is 259 g/mol. The zero-order chi connectivity index (χ0) is 10.6. The van der Waals surface area contributed by atoms with Crippen molar-refractivity contribution >= 4 is 15.9 Å². The van der Waals surface area contributed by atoms with Crippen molar-refractivity contribution in [3.8, 4) is 0 Å². The van der Waals surface area contributed by atoms with Crippen LogP contribution in [0.5, 0.6) is 0 Å². The van der Waals surface area contributed by atoms with E-state index in [-0.39, 0.29) is 6.10 Å². The van der Waals surface area contributed by atoms with E-state index >= 15 is 0 Å². The van der Waals surface area contributed by atoms with Crippen LogP contribution in [0.4, 0.5) is 0 Å². The lowest BCUT2D eigenvalue weighted by Crippen LogP contribution is -2.26. The van der Waals surface area contributed by atoms with E-state index in [4.69, 9.17) is 4.74 Å². The molecule has 0 heterocycles. The molecule has 1 N–H and O–H groups in total. The molecule has 0 aliphatic rings. The summed E-state index contributed by atoms with van der Waals surface area (Å²) in [5.74, 6) is 0. The van der Waals surface area contributed by atoms with Gasteiger partial charge >= 0.3 is 0 Å². The number of aliphatic hydroxyl groups is 1. The van der Waals surface area contributed by atoms with E-state index in [9.17, 15) is 5.11 Å². The predicted octanol–water partition coefficient (Wildman–Crippen LogP) is 2.39. The number of rotatable bonds is 4. The molecule has 2 atom stereocenters. The molecule has 0 saturated heterocycles. The second kappa shape index (κ2) is 5.49. The lowest BCUT2D eigenvalue weighted by molar-refractivity contribution is 0.000407. The maximum atomic E-state index is 9.70. The molecule has 3 heteroatoms. The van der Waals surface area contributed by atoms with Crippen molar-refractivity contribution < 1.29 is 9.84 Å². The van der Waals surface area contributed by atoms with Gasteiger partial charge < -0.3 is 9.84 Å². The van der Waals surface area contributed by atoms with Gasteiger partial charge in [-0.1, -0.05) is 28.1 Å². The fraction of sp³-hybridized carbons (Fsp3) is 0.455. The normalized spacial score (nSPS) is 15.1. The van der Waals surface area contributed by atoms with Crippen molar-refractivity contribution in [2.75, 3.05) is 7.11 Å². The monoisotopic (exact) mass is 258 g/mol. The summed E-state index contributed by atoms with van der Waals surface area (Å²) in [6.45, 7) is 1.86. The van der Waals surface area contributed by atoms with Gasteiger partial charge in [0.15, 0.2) is 0 Å². The average Bonchev–Trinajstić information content (AvgIpc) is 2.20. The van der Waals surface area contributed by atoms with Crippen LogP contribution in [0.25, 0.3) is 0 Å². The summed E-state index contributed by atoms with van der Waals surface area (Å²) in [6.07, 6.45) is 0.0577. The number of hydrogen-bond donors (Lipinski definition) is 1. The summed E-state index contributed by atoms with van der Waals surface area (Å²) in [5, 5.41) is 9.70. The van der Waals surface area contributed by atoms with E-state index in [1.54, 1.807) is 7.11 Å². The van der Waals surface area contributed by atoms with Gasteiger partial charge in [0.2, 0.25) is 0 Å². The lowest BCUT2D eigenvalue weighted by Gasteiger charge is -2.17. The summed E-state index contributed by atoms with van der Waals surface area (Å²) >= 11 is 3.37. The van der Waals surface area contributed by atoms with E-state index < -0.39 is 6.10 Å². The van der Waals surface area contributed by atoms with Gasteiger partial charge in [0.05, 0.1) is 12.2 Å². The molecule has 0 spiro atoms.